The van der Waals surface area contributed by atoms with Crippen LogP contribution in [0.25, 0.3) is 5.76 Å². The maximum absolute atomic E-state index is 12.9. The first-order chi connectivity index (χ1) is 14.3. The number of hydrogen-bond acceptors (Lipinski definition) is 4. The van der Waals surface area contributed by atoms with E-state index >= 15 is 0 Å². The average Bonchev–Trinajstić information content (AvgIpc) is 3.28. The molecule has 1 amide bonds. The van der Waals surface area contributed by atoms with E-state index in [1.807, 2.05) is 37.3 Å². The number of amides is 1. The largest absolute Gasteiger partial charge is 0.478 e. The molecule has 1 fully saturated rings. The topological polar surface area (TPSA) is 78.9 Å². The van der Waals surface area contributed by atoms with Gasteiger partial charge in [0.2, 0.25) is 0 Å². The second-order valence-corrected chi connectivity index (χ2v) is 7.54. The van der Waals surface area contributed by atoms with Crippen molar-refractivity contribution < 1.29 is 19.4 Å². The van der Waals surface area contributed by atoms with Crippen LogP contribution in [0.3, 0.4) is 0 Å². The summed E-state index contributed by atoms with van der Waals surface area (Å²) in [7, 11) is 0. The van der Waals surface area contributed by atoms with Gasteiger partial charge in [0.05, 0.1) is 16.3 Å². The predicted molar refractivity (Wildman–Crippen MR) is 115 cm³/mol. The molecule has 0 radical (unpaired) electrons. The highest BCUT2D eigenvalue weighted by atomic mass is 35.5. The summed E-state index contributed by atoms with van der Waals surface area (Å²) >= 11 is 5.93. The highest BCUT2D eigenvalue weighted by molar-refractivity contribution is 6.33. The molecule has 0 saturated carbocycles. The van der Waals surface area contributed by atoms with Gasteiger partial charge in [-0.2, -0.15) is 0 Å². The Balaban J connectivity index is 1.52. The third-order valence-electron chi connectivity index (χ3n) is 4.94. The minimum atomic E-state index is -1.11. The molecule has 0 aliphatic carbocycles. The van der Waals surface area contributed by atoms with Crippen molar-refractivity contribution >= 4 is 34.9 Å². The zero-order chi connectivity index (χ0) is 21.4. The van der Waals surface area contributed by atoms with Gasteiger partial charge < -0.3 is 9.84 Å². The van der Waals surface area contributed by atoms with Gasteiger partial charge in [-0.25, -0.2) is 9.80 Å². The van der Waals surface area contributed by atoms with Crippen molar-refractivity contribution in [3.05, 3.63) is 94.4 Å². The SMILES string of the molecule is C=C1NN(c2cccc(C)c2)C(=O)C1C=C1CC=C(c2ccc(Cl)c(C(=O)O)c2)O1. The summed E-state index contributed by atoms with van der Waals surface area (Å²) in [4.78, 5) is 24.2. The van der Waals surface area contributed by atoms with Crippen LogP contribution >= 0.6 is 11.6 Å². The van der Waals surface area contributed by atoms with Crippen LogP contribution in [0.1, 0.15) is 27.9 Å². The molecule has 6 nitrogen and oxygen atoms in total. The monoisotopic (exact) mass is 422 g/mol. The number of carboxylic acid groups (broad SMARTS) is 1. The molecule has 2 heterocycles. The number of allylic oxidation sites excluding steroid dienone is 1. The van der Waals surface area contributed by atoms with E-state index in [0.717, 1.165) is 11.3 Å². The van der Waals surface area contributed by atoms with E-state index in [0.29, 0.717) is 29.2 Å². The zero-order valence-corrected chi connectivity index (χ0v) is 16.9. The van der Waals surface area contributed by atoms with Gasteiger partial charge in [-0.1, -0.05) is 30.3 Å². The number of nitrogens with zero attached hydrogens (tertiary/aromatic N) is 1. The minimum absolute atomic E-state index is 0.00782. The van der Waals surface area contributed by atoms with Gasteiger partial charge in [0, 0.05) is 17.7 Å². The van der Waals surface area contributed by atoms with Crippen molar-refractivity contribution in [3.63, 3.8) is 0 Å². The van der Waals surface area contributed by atoms with Gasteiger partial charge in [0.25, 0.3) is 5.91 Å². The number of benzene rings is 2. The first-order valence-electron chi connectivity index (χ1n) is 9.31. The van der Waals surface area contributed by atoms with E-state index in [4.69, 9.17) is 16.3 Å². The molecule has 152 valence electrons. The number of carbonyl (C=O) groups excluding carboxylic acids is 1. The molecule has 30 heavy (non-hydrogen) atoms. The standard InChI is InChI=1S/C23H19ClN2O4/c1-13-4-3-5-16(10-13)26-22(27)18(14(2)25-26)12-17-7-9-21(30-17)15-6-8-20(24)19(11-15)23(28)29/h3-6,8-12,18,25H,2,7H2,1H3,(H,28,29). The van der Waals surface area contributed by atoms with Gasteiger partial charge in [-0.15, -0.1) is 0 Å². The summed E-state index contributed by atoms with van der Waals surface area (Å²) in [6.07, 6.45) is 4.07. The van der Waals surface area contributed by atoms with Crippen molar-refractivity contribution in [3.8, 4) is 0 Å². The Morgan fingerprint density at radius 1 is 1.33 bits per heavy atom. The van der Waals surface area contributed by atoms with Crippen LogP contribution in [0.2, 0.25) is 5.02 Å². The summed E-state index contributed by atoms with van der Waals surface area (Å²) in [5.74, 6) is -0.682. The second kappa shape index (κ2) is 7.72. The smallest absolute Gasteiger partial charge is 0.337 e. The summed E-state index contributed by atoms with van der Waals surface area (Å²) in [5.41, 5.74) is 6.00. The van der Waals surface area contributed by atoms with Crippen LogP contribution in [-0.2, 0) is 9.53 Å². The Bertz CT molecular complexity index is 1140. The molecule has 2 aliphatic heterocycles. The Kier molecular flexibility index (Phi) is 5.10. The van der Waals surface area contributed by atoms with Gasteiger partial charge in [0.15, 0.2) is 0 Å². The fraction of sp³-hybridized carbons (Fsp3) is 0.130. The molecule has 1 atom stereocenters. The molecule has 2 aromatic rings. The Morgan fingerprint density at radius 2 is 2.13 bits per heavy atom. The first kappa shape index (κ1) is 19.8. The van der Waals surface area contributed by atoms with Crippen molar-refractivity contribution in [2.24, 2.45) is 5.92 Å². The van der Waals surface area contributed by atoms with Crippen LogP contribution in [-0.4, -0.2) is 17.0 Å². The number of rotatable bonds is 4. The van der Waals surface area contributed by atoms with E-state index in [1.54, 1.807) is 12.1 Å². The lowest BCUT2D eigenvalue weighted by Gasteiger charge is -2.16. The number of aromatic carboxylic acids is 1. The molecule has 1 saturated heterocycles. The lowest BCUT2D eigenvalue weighted by molar-refractivity contribution is -0.119. The van der Waals surface area contributed by atoms with Crippen molar-refractivity contribution in [2.45, 2.75) is 13.3 Å². The molecule has 0 aromatic heterocycles. The maximum atomic E-state index is 12.9. The zero-order valence-electron chi connectivity index (χ0n) is 16.2. The lowest BCUT2D eigenvalue weighted by atomic mass is 10.1. The molecule has 0 bridgehead atoms. The summed E-state index contributed by atoms with van der Waals surface area (Å²) in [5, 5.41) is 10.9. The van der Waals surface area contributed by atoms with E-state index < -0.39 is 11.9 Å². The molecule has 2 aromatic carbocycles. The third kappa shape index (κ3) is 3.69. The Hall–Kier alpha value is -3.51. The number of hydrazine groups is 1. The number of anilines is 1. The molecular weight excluding hydrogens is 404 g/mol. The van der Waals surface area contributed by atoms with Gasteiger partial charge in [-0.3, -0.25) is 10.2 Å². The Labute approximate surface area is 178 Å². The van der Waals surface area contributed by atoms with Gasteiger partial charge >= 0.3 is 5.97 Å². The van der Waals surface area contributed by atoms with Gasteiger partial charge in [0.1, 0.15) is 17.4 Å². The summed E-state index contributed by atoms with van der Waals surface area (Å²) in [6, 6.07) is 12.3. The van der Waals surface area contributed by atoms with E-state index in [9.17, 15) is 14.7 Å². The second-order valence-electron chi connectivity index (χ2n) is 7.13. The van der Waals surface area contributed by atoms with Gasteiger partial charge in [-0.05, 0) is 55.0 Å². The first-order valence-corrected chi connectivity index (χ1v) is 9.69. The molecule has 1 unspecified atom stereocenters. The van der Waals surface area contributed by atoms with Crippen molar-refractivity contribution in [1.82, 2.24) is 5.43 Å². The molecule has 0 spiro atoms. The van der Waals surface area contributed by atoms with Crippen molar-refractivity contribution in [2.75, 3.05) is 5.01 Å². The summed E-state index contributed by atoms with van der Waals surface area (Å²) < 4.78 is 5.89. The number of halogens is 1. The van der Waals surface area contributed by atoms with Crippen LogP contribution < -0.4 is 10.4 Å². The quantitative estimate of drug-likeness (QED) is 0.748. The maximum Gasteiger partial charge on any atom is 0.337 e. The molecule has 2 aliphatic rings. The minimum Gasteiger partial charge on any atom is -0.478 e. The summed E-state index contributed by atoms with van der Waals surface area (Å²) in [6.45, 7) is 5.94. The van der Waals surface area contributed by atoms with Crippen LogP contribution in [0.5, 0.6) is 0 Å². The fourth-order valence-corrected chi connectivity index (χ4v) is 3.61. The third-order valence-corrected chi connectivity index (χ3v) is 5.27. The van der Waals surface area contributed by atoms with E-state index in [2.05, 4.69) is 12.0 Å². The van der Waals surface area contributed by atoms with Crippen LogP contribution in [0, 0.1) is 12.8 Å². The fourth-order valence-electron chi connectivity index (χ4n) is 3.41. The van der Waals surface area contributed by atoms with Crippen LogP contribution in [0.4, 0.5) is 5.69 Å². The van der Waals surface area contributed by atoms with E-state index in [1.165, 1.54) is 17.1 Å². The van der Waals surface area contributed by atoms with E-state index in [-0.39, 0.29) is 16.5 Å². The molecule has 2 N–H and O–H groups in total. The number of carbonyl (C=O) groups is 2. The number of aryl methyl sites for hydroxylation is 1. The highest BCUT2D eigenvalue weighted by Crippen LogP contribution is 2.34. The molecule has 4 rings (SSSR count). The average molecular weight is 423 g/mol. The molecule has 7 heteroatoms. The number of carboxylic acids is 1. The lowest BCUT2D eigenvalue weighted by Crippen LogP contribution is -2.34. The predicted octanol–water partition coefficient (Wildman–Crippen LogP) is 4.67. The Morgan fingerprint density at radius 3 is 2.87 bits per heavy atom. The highest BCUT2D eigenvalue weighted by Gasteiger charge is 2.35. The molecular formula is C23H19ClN2O4. The normalized spacial score (nSPS) is 19.7. The van der Waals surface area contributed by atoms with Crippen molar-refractivity contribution in [1.29, 1.82) is 0 Å². The van der Waals surface area contributed by atoms with Crippen LogP contribution in [0.15, 0.2) is 72.7 Å². The number of ether oxygens (including phenoxy) is 1. The number of hydrogen-bond donors (Lipinski definition) is 2. The number of nitrogens with one attached hydrogen (secondary N) is 1.